The third-order valence-electron chi connectivity index (χ3n) is 1.52. The van der Waals surface area contributed by atoms with Gasteiger partial charge in [0.2, 0.25) is 0 Å². The SMILES string of the molecule is CN(C)Cc1cc(O)ccc1Cl. The first-order chi connectivity index (χ1) is 5.59. The highest BCUT2D eigenvalue weighted by Gasteiger charge is 2.01. The molecule has 0 radical (unpaired) electrons. The molecule has 0 aliphatic rings. The topological polar surface area (TPSA) is 23.5 Å². The Morgan fingerprint density at radius 2 is 2.08 bits per heavy atom. The van der Waals surface area contributed by atoms with E-state index in [1.165, 1.54) is 0 Å². The first-order valence-electron chi connectivity index (χ1n) is 3.71. The third kappa shape index (κ3) is 2.40. The fraction of sp³-hybridized carbons (Fsp3) is 0.333. The van der Waals surface area contributed by atoms with Gasteiger partial charge in [-0.2, -0.15) is 0 Å². The molecule has 12 heavy (non-hydrogen) atoms. The van der Waals surface area contributed by atoms with Crippen LogP contribution in [0.4, 0.5) is 0 Å². The Hall–Kier alpha value is -0.730. The van der Waals surface area contributed by atoms with Crippen LogP contribution in [-0.2, 0) is 6.54 Å². The van der Waals surface area contributed by atoms with Gasteiger partial charge < -0.3 is 10.0 Å². The molecular formula is C9H12ClNO. The summed E-state index contributed by atoms with van der Waals surface area (Å²) < 4.78 is 0. The van der Waals surface area contributed by atoms with Crippen LogP contribution in [0.15, 0.2) is 18.2 Å². The molecule has 1 aromatic rings. The van der Waals surface area contributed by atoms with Crippen molar-refractivity contribution in [3.8, 4) is 5.75 Å². The van der Waals surface area contributed by atoms with Gasteiger partial charge in [-0.1, -0.05) is 11.6 Å². The summed E-state index contributed by atoms with van der Waals surface area (Å²) >= 11 is 5.90. The molecule has 0 spiro atoms. The molecule has 0 heterocycles. The molecule has 2 nitrogen and oxygen atoms in total. The molecule has 0 bridgehead atoms. The fourth-order valence-corrected chi connectivity index (χ4v) is 1.20. The maximum atomic E-state index is 9.17. The van der Waals surface area contributed by atoms with Crippen LogP contribution in [0.25, 0.3) is 0 Å². The van der Waals surface area contributed by atoms with Crippen LogP contribution in [0.3, 0.4) is 0 Å². The van der Waals surface area contributed by atoms with Gasteiger partial charge in [-0.3, -0.25) is 0 Å². The largest absolute Gasteiger partial charge is 0.508 e. The fourth-order valence-electron chi connectivity index (χ4n) is 1.02. The van der Waals surface area contributed by atoms with Crippen molar-refractivity contribution in [3.05, 3.63) is 28.8 Å². The maximum absolute atomic E-state index is 9.17. The Morgan fingerprint density at radius 3 is 2.67 bits per heavy atom. The number of aromatic hydroxyl groups is 1. The van der Waals surface area contributed by atoms with Crippen LogP contribution in [0, 0.1) is 0 Å². The van der Waals surface area contributed by atoms with E-state index in [-0.39, 0.29) is 5.75 Å². The van der Waals surface area contributed by atoms with Crippen LogP contribution in [0.2, 0.25) is 5.02 Å². The number of rotatable bonds is 2. The van der Waals surface area contributed by atoms with E-state index < -0.39 is 0 Å². The smallest absolute Gasteiger partial charge is 0.116 e. The lowest BCUT2D eigenvalue weighted by Crippen LogP contribution is -2.10. The van der Waals surface area contributed by atoms with E-state index in [4.69, 9.17) is 11.6 Å². The average Bonchev–Trinajstić information content (AvgIpc) is 1.96. The molecule has 0 saturated heterocycles. The highest BCUT2D eigenvalue weighted by molar-refractivity contribution is 6.31. The molecule has 1 N–H and O–H groups in total. The Balaban J connectivity index is 2.90. The Bertz CT molecular complexity index is 273. The van der Waals surface area contributed by atoms with Crippen LogP contribution in [-0.4, -0.2) is 24.1 Å². The van der Waals surface area contributed by atoms with Gasteiger partial charge in [0.25, 0.3) is 0 Å². The van der Waals surface area contributed by atoms with Gasteiger partial charge in [-0.25, -0.2) is 0 Å². The predicted molar refractivity (Wildman–Crippen MR) is 50.5 cm³/mol. The summed E-state index contributed by atoms with van der Waals surface area (Å²) in [5.41, 5.74) is 0.946. The molecule has 66 valence electrons. The zero-order valence-corrected chi connectivity index (χ0v) is 7.97. The Kier molecular flexibility index (Phi) is 2.95. The van der Waals surface area contributed by atoms with Crippen molar-refractivity contribution in [3.63, 3.8) is 0 Å². The molecule has 0 aromatic heterocycles. The van der Waals surface area contributed by atoms with E-state index in [1.54, 1.807) is 18.2 Å². The minimum Gasteiger partial charge on any atom is -0.508 e. The number of hydrogen-bond donors (Lipinski definition) is 1. The zero-order valence-electron chi connectivity index (χ0n) is 7.21. The van der Waals surface area contributed by atoms with Gasteiger partial charge in [-0.15, -0.1) is 0 Å². The molecule has 1 aromatic carbocycles. The summed E-state index contributed by atoms with van der Waals surface area (Å²) in [7, 11) is 3.92. The van der Waals surface area contributed by atoms with E-state index in [0.29, 0.717) is 5.02 Å². The Labute approximate surface area is 77.4 Å². The normalized spacial score (nSPS) is 10.7. The van der Waals surface area contributed by atoms with E-state index in [2.05, 4.69) is 0 Å². The molecular weight excluding hydrogens is 174 g/mol. The van der Waals surface area contributed by atoms with E-state index >= 15 is 0 Å². The van der Waals surface area contributed by atoms with E-state index in [0.717, 1.165) is 12.1 Å². The van der Waals surface area contributed by atoms with E-state index in [9.17, 15) is 5.11 Å². The average molecular weight is 186 g/mol. The minimum absolute atomic E-state index is 0.260. The molecule has 0 unspecified atom stereocenters. The standard InChI is InChI=1S/C9H12ClNO/c1-11(2)6-7-5-8(12)3-4-9(7)10/h3-5,12H,6H2,1-2H3. The summed E-state index contributed by atoms with van der Waals surface area (Å²) in [5.74, 6) is 0.260. The maximum Gasteiger partial charge on any atom is 0.116 e. The van der Waals surface area contributed by atoms with Crippen LogP contribution < -0.4 is 0 Å². The van der Waals surface area contributed by atoms with Crippen molar-refractivity contribution in [2.45, 2.75) is 6.54 Å². The number of nitrogens with zero attached hydrogens (tertiary/aromatic N) is 1. The van der Waals surface area contributed by atoms with Crippen LogP contribution >= 0.6 is 11.6 Å². The van der Waals surface area contributed by atoms with Gasteiger partial charge in [0.1, 0.15) is 5.75 Å². The third-order valence-corrected chi connectivity index (χ3v) is 1.88. The first kappa shape index (κ1) is 9.36. The molecule has 0 amide bonds. The second kappa shape index (κ2) is 3.78. The summed E-state index contributed by atoms with van der Waals surface area (Å²) in [6.07, 6.45) is 0. The molecule has 0 fully saturated rings. The van der Waals surface area contributed by atoms with Crippen molar-refractivity contribution in [2.75, 3.05) is 14.1 Å². The van der Waals surface area contributed by atoms with Gasteiger partial charge in [0.05, 0.1) is 0 Å². The summed E-state index contributed by atoms with van der Waals surface area (Å²) in [4.78, 5) is 2.00. The first-order valence-corrected chi connectivity index (χ1v) is 4.09. The summed E-state index contributed by atoms with van der Waals surface area (Å²) in [6.45, 7) is 0.743. The van der Waals surface area contributed by atoms with Gasteiger partial charge in [-0.05, 0) is 37.9 Å². The highest BCUT2D eigenvalue weighted by atomic mass is 35.5. The van der Waals surface area contributed by atoms with Crippen LogP contribution in [0.1, 0.15) is 5.56 Å². The van der Waals surface area contributed by atoms with Gasteiger partial charge in [0, 0.05) is 11.6 Å². The number of benzene rings is 1. The highest BCUT2D eigenvalue weighted by Crippen LogP contribution is 2.21. The predicted octanol–water partition coefficient (Wildman–Crippen LogP) is 2.11. The number of phenolic OH excluding ortho intramolecular Hbond substituents is 1. The second-order valence-electron chi connectivity index (χ2n) is 3.01. The number of phenols is 1. The van der Waals surface area contributed by atoms with Crippen molar-refractivity contribution in [1.82, 2.24) is 4.90 Å². The molecule has 0 aliphatic carbocycles. The van der Waals surface area contributed by atoms with Gasteiger partial charge in [0.15, 0.2) is 0 Å². The molecule has 1 rings (SSSR count). The lowest BCUT2D eigenvalue weighted by atomic mass is 10.2. The minimum atomic E-state index is 0.260. The van der Waals surface area contributed by atoms with Gasteiger partial charge >= 0.3 is 0 Å². The number of halogens is 1. The lowest BCUT2D eigenvalue weighted by Gasteiger charge is -2.10. The van der Waals surface area contributed by atoms with Crippen molar-refractivity contribution in [2.24, 2.45) is 0 Å². The second-order valence-corrected chi connectivity index (χ2v) is 3.42. The van der Waals surface area contributed by atoms with Crippen molar-refractivity contribution >= 4 is 11.6 Å². The molecule has 0 saturated carbocycles. The molecule has 0 aliphatic heterocycles. The van der Waals surface area contributed by atoms with Crippen LogP contribution in [0.5, 0.6) is 5.75 Å². The summed E-state index contributed by atoms with van der Waals surface area (Å²) in [5, 5.41) is 9.87. The Morgan fingerprint density at radius 1 is 1.42 bits per heavy atom. The molecule has 0 atom stereocenters. The molecule has 3 heteroatoms. The monoisotopic (exact) mass is 185 g/mol. The summed E-state index contributed by atoms with van der Waals surface area (Å²) in [6, 6.07) is 4.97. The quantitative estimate of drug-likeness (QED) is 0.763. The van der Waals surface area contributed by atoms with Crippen molar-refractivity contribution < 1.29 is 5.11 Å². The zero-order chi connectivity index (χ0) is 9.14. The van der Waals surface area contributed by atoms with E-state index in [1.807, 2.05) is 19.0 Å². The lowest BCUT2D eigenvalue weighted by molar-refractivity contribution is 0.400. The van der Waals surface area contributed by atoms with Crippen molar-refractivity contribution in [1.29, 1.82) is 0 Å². The number of hydrogen-bond acceptors (Lipinski definition) is 2.